The second-order valence-corrected chi connectivity index (χ2v) is 7.39. The van der Waals surface area contributed by atoms with E-state index >= 15 is 0 Å². The number of para-hydroxylation sites is 1. The van der Waals surface area contributed by atoms with Crippen molar-refractivity contribution in [3.63, 3.8) is 0 Å². The summed E-state index contributed by atoms with van der Waals surface area (Å²) in [4.78, 5) is 42.8. The number of Topliss-reactive ketones (excluding diaryl/α,β-unsaturated/α-hetero) is 2. The Kier molecular flexibility index (Phi) is 6.01. The van der Waals surface area contributed by atoms with Crippen LogP contribution < -0.4 is 0 Å². The third-order valence-electron chi connectivity index (χ3n) is 5.22. The molecule has 0 saturated heterocycles. The van der Waals surface area contributed by atoms with Crippen molar-refractivity contribution in [3.05, 3.63) is 58.5 Å². The molecule has 1 aromatic carbocycles. The van der Waals surface area contributed by atoms with Gasteiger partial charge in [-0.1, -0.05) is 18.2 Å². The van der Waals surface area contributed by atoms with Crippen molar-refractivity contribution in [2.24, 2.45) is 0 Å². The molecule has 0 unspecified atom stereocenters. The minimum absolute atomic E-state index is 0.0998. The van der Waals surface area contributed by atoms with Gasteiger partial charge in [-0.15, -0.1) is 0 Å². The molecule has 2 heterocycles. The van der Waals surface area contributed by atoms with Crippen LogP contribution in [0.5, 0.6) is 0 Å². The maximum Gasteiger partial charge on any atom is 0.306 e. The summed E-state index contributed by atoms with van der Waals surface area (Å²) >= 11 is 0. The first kappa shape index (κ1) is 20.6. The molecule has 0 bridgehead atoms. The lowest BCUT2D eigenvalue weighted by Gasteiger charge is -2.12. The third kappa shape index (κ3) is 4.31. The quantitative estimate of drug-likeness (QED) is 0.436. The number of hydrogen-bond acceptors (Lipinski definition) is 4. The van der Waals surface area contributed by atoms with E-state index in [1.54, 1.807) is 20.8 Å². The Balaban J connectivity index is 1.56. The Morgan fingerprint density at radius 2 is 1.86 bits per heavy atom. The van der Waals surface area contributed by atoms with Gasteiger partial charge in [0.15, 0.2) is 11.9 Å². The highest BCUT2D eigenvalue weighted by Crippen LogP contribution is 2.21. The zero-order chi connectivity index (χ0) is 21.1. The Bertz CT molecular complexity index is 1070. The van der Waals surface area contributed by atoms with Gasteiger partial charge in [0.25, 0.3) is 0 Å². The zero-order valence-corrected chi connectivity index (χ0v) is 17.2. The van der Waals surface area contributed by atoms with Crippen LogP contribution in [0.25, 0.3) is 10.9 Å². The first-order valence-electron chi connectivity index (χ1n) is 9.78. The predicted octanol–water partition coefficient (Wildman–Crippen LogP) is 4.45. The van der Waals surface area contributed by atoms with Crippen molar-refractivity contribution < 1.29 is 19.1 Å². The molecular formula is C23H26N2O4. The Labute approximate surface area is 169 Å². The second-order valence-electron chi connectivity index (χ2n) is 7.39. The Morgan fingerprint density at radius 1 is 1.14 bits per heavy atom. The molecule has 2 N–H and O–H groups in total. The van der Waals surface area contributed by atoms with Gasteiger partial charge >= 0.3 is 5.97 Å². The number of H-pyrrole nitrogens is 2. The van der Waals surface area contributed by atoms with Gasteiger partial charge in [-0.25, -0.2) is 0 Å². The number of carbonyl (C=O) groups is 3. The molecule has 0 spiro atoms. The number of aromatic nitrogens is 2. The Hall–Kier alpha value is -3.15. The van der Waals surface area contributed by atoms with E-state index < -0.39 is 12.1 Å². The van der Waals surface area contributed by atoms with Crippen LogP contribution in [0.4, 0.5) is 0 Å². The first-order valence-corrected chi connectivity index (χ1v) is 9.78. The molecular weight excluding hydrogens is 368 g/mol. The Morgan fingerprint density at radius 3 is 2.55 bits per heavy atom. The van der Waals surface area contributed by atoms with Gasteiger partial charge in [-0.2, -0.15) is 0 Å². The van der Waals surface area contributed by atoms with E-state index in [-0.39, 0.29) is 18.0 Å². The van der Waals surface area contributed by atoms with E-state index in [1.807, 2.05) is 24.4 Å². The molecule has 3 aromatic rings. The van der Waals surface area contributed by atoms with E-state index in [0.717, 1.165) is 22.9 Å². The van der Waals surface area contributed by atoms with Gasteiger partial charge < -0.3 is 14.7 Å². The number of esters is 1. The molecule has 0 aliphatic carbocycles. The van der Waals surface area contributed by atoms with Crippen LogP contribution in [0.3, 0.4) is 0 Å². The number of aromatic amines is 2. The molecule has 6 nitrogen and oxygen atoms in total. The molecule has 0 aliphatic rings. The highest BCUT2D eigenvalue weighted by Gasteiger charge is 2.25. The predicted molar refractivity (Wildman–Crippen MR) is 111 cm³/mol. The van der Waals surface area contributed by atoms with Gasteiger partial charge in [0, 0.05) is 34.8 Å². The van der Waals surface area contributed by atoms with Gasteiger partial charge in [0.1, 0.15) is 0 Å². The number of benzene rings is 1. The number of nitrogens with one attached hydrogen (secondary N) is 2. The molecule has 152 valence electrons. The van der Waals surface area contributed by atoms with Gasteiger partial charge in [-0.05, 0) is 57.7 Å². The minimum atomic E-state index is -0.910. The summed E-state index contributed by atoms with van der Waals surface area (Å²) in [5.41, 5.74) is 4.33. The zero-order valence-electron chi connectivity index (χ0n) is 17.2. The summed E-state index contributed by atoms with van der Waals surface area (Å²) in [6.45, 7) is 6.50. The van der Waals surface area contributed by atoms with Crippen LogP contribution in [0, 0.1) is 13.8 Å². The SMILES string of the molecule is CC(=O)c1c(C)[nH]c(C(=O)[C@@H](C)OC(=O)CCCc2c[nH]c3ccccc23)c1C. The van der Waals surface area contributed by atoms with Gasteiger partial charge in [-0.3, -0.25) is 14.4 Å². The van der Waals surface area contributed by atoms with Gasteiger partial charge in [0.05, 0.1) is 5.69 Å². The van der Waals surface area contributed by atoms with Crippen molar-refractivity contribution >= 4 is 28.4 Å². The highest BCUT2D eigenvalue weighted by atomic mass is 16.5. The molecule has 6 heteroatoms. The van der Waals surface area contributed by atoms with Crippen LogP contribution in [-0.4, -0.2) is 33.6 Å². The largest absolute Gasteiger partial charge is 0.454 e. The molecule has 29 heavy (non-hydrogen) atoms. The van der Waals surface area contributed by atoms with Crippen molar-refractivity contribution in [1.82, 2.24) is 9.97 Å². The standard InChI is InChI=1S/C23H26N2O4/c1-13-21(15(3)26)14(2)25-22(13)23(28)16(4)29-20(27)11-7-8-17-12-24-19-10-6-5-9-18(17)19/h5-6,9-10,12,16,24-25H,7-8,11H2,1-4H3/t16-/m1/s1. The van der Waals surface area contributed by atoms with Crippen LogP contribution in [0.1, 0.15) is 64.4 Å². The molecule has 0 fully saturated rings. The van der Waals surface area contributed by atoms with Crippen molar-refractivity contribution in [2.75, 3.05) is 0 Å². The molecule has 0 aliphatic heterocycles. The maximum absolute atomic E-state index is 12.7. The first-order chi connectivity index (χ1) is 13.8. The number of aryl methyl sites for hydroxylation is 2. The molecule has 0 radical (unpaired) electrons. The van der Waals surface area contributed by atoms with Crippen LogP contribution >= 0.6 is 0 Å². The maximum atomic E-state index is 12.7. The highest BCUT2D eigenvalue weighted by molar-refractivity contribution is 6.05. The van der Waals surface area contributed by atoms with E-state index in [1.165, 1.54) is 6.92 Å². The second kappa shape index (κ2) is 8.47. The smallest absolute Gasteiger partial charge is 0.306 e. The van der Waals surface area contributed by atoms with Crippen LogP contribution in [0.2, 0.25) is 0 Å². The lowest BCUT2D eigenvalue weighted by atomic mass is 10.0. The average Bonchev–Trinajstić information content (AvgIpc) is 3.21. The number of ketones is 2. The van der Waals surface area contributed by atoms with E-state index in [0.29, 0.717) is 28.9 Å². The topological polar surface area (TPSA) is 92.0 Å². The molecule has 3 rings (SSSR count). The van der Waals surface area contributed by atoms with E-state index in [2.05, 4.69) is 16.0 Å². The molecule has 0 amide bonds. The lowest BCUT2D eigenvalue weighted by Crippen LogP contribution is -2.25. The van der Waals surface area contributed by atoms with Gasteiger partial charge in [0.2, 0.25) is 5.78 Å². The fourth-order valence-corrected chi connectivity index (χ4v) is 3.80. The summed E-state index contributed by atoms with van der Waals surface area (Å²) < 4.78 is 5.34. The summed E-state index contributed by atoms with van der Waals surface area (Å²) in [6.07, 6.45) is 2.67. The number of fused-ring (bicyclic) bond motifs is 1. The summed E-state index contributed by atoms with van der Waals surface area (Å²) in [5, 5.41) is 1.16. The number of hydrogen-bond donors (Lipinski definition) is 2. The monoisotopic (exact) mass is 394 g/mol. The summed E-state index contributed by atoms with van der Waals surface area (Å²) in [7, 11) is 0. The number of ether oxygens (including phenoxy) is 1. The normalized spacial score (nSPS) is 12.1. The van der Waals surface area contributed by atoms with E-state index in [4.69, 9.17) is 4.74 Å². The minimum Gasteiger partial charge on any atom is -0.454 e. The summed E-state index contributed by atoms with van der Waals surface area (Å²) in [6, 6.07) is 8.03. The summed E-state index contributed by atoms with van der Waals surface area (Å²) in [5.74, 6) is -0.835. The van der Waals surface area contributed by atoms with Crippen molar-refractivity contribution in [1.29, 1.82) is 0 Å². The molecule has 2 aromatic heterocycles. The lowest BCUT2D eigenvalue weighted by molar-refractivity contribution is -0.146. The fraction of sp³-hybridized carbons (Fsp3) is 0.348. The van der Waals surface area contributed by atoms with Crippen molar-refractivity contribution in [3.8, 4) is 0 Å². The third-order valence-corrected chi connectivity index (χ3v) is 5.22. The van der Waals surface area contributed by atoms with Crippen LogP contribution in [-0.2, 0) is 16.0 Å². The van der Waals surface area contributed by atoms with Crippen LogP contribution in [0.15, 0.2) is 30.5 Å². The average molecular weight is 394 g/mol. The van der Waals surface area contributed by atoms with E-state index in [9.17, 15) is 14.4 Å². The number of rotatable bonds is 8. The number of carbonyl (C=O) groups excluding carboxylic acids is 3. The fourth-order valence-electron chi connectivity index (χ4n) is 3.80. The molecule has 1 atom stereocenters. The van der Waals surface area contributed by atoms with Crippen molar-refractivity contribution in [2.45, 2.75) is 53.1 Å². The molecule has 0 saturated carbocycles.